The summed E-state index contributed by atoms with van der Waals surface area (Å²) in [7, 11) is 2.23. The van der Waals surface area contributed by atoms with Gasteiger partial charge in [0.1, 0.15) is 5.75 Å². The van der Waals surface area contributed by atoms with Gasteiger partial charge in [-0.25, -0.2) is 4.79 Å². The van der Waals surface area contributed by atoms with Gasteiger partial charge in [-0.1, -0.05) is 18.2 Å². The van der Waals surface area contributed by atoms with Crippen molar-refractivity contribution in [1.82, 2.24) is 15.1 Å². The average molecular weight is 357 g/mol. The number of rotatable bonds is 4. The molecule has 5 rings (SSSR count). The number of urea groups is 1. The molecule has 4 bridgehead atoms. The molecule has 1 aromatic carbocycles. The zero-order chi connectivity index (χ0) is 17.9. The first-order chi connectivity index (χ1) is 12.7. The molecule has 0 spiro atoms. The predicted octanol–water partition coefficient (Wildman–Crippen LogP) is 2.36. The van der Waals surface area contributed by atoms with Gasteiger partial charge in [0.05, 0.1) is 18.6 Å². The van der Waals surface area contributed by atoms with Crippen molar-refractivity contribution in [2.24, 2.45) is 5.92 Å². The molecule has 3 fully saturated rings. The summed E-state index contributed by atoms with van der Waals surface area (Å²) in [4.78, 5) is 17.5. The highest BCUT2D eigenvalue weighted by atomic mass is 16.5. The molecule has 3 saturated heterocycles. The van der Waals surface area contributed by atoms with E-state index in [2.05, 4.69) is 23.3 Å². The molecule has 0 radical (unpaired) electrons. The summed E-state index contributed by atoms with van der Waals surface area (Å²) in [5.41, 5.74) is 0.557. The number of para-hydroxylation sites is 1. The quantitative estimate of drug-likeness (QED) is 0.841. The number of nitrogens with one attached hydrogen (secondary N) is 1. The van der Waals surface area contributed by atoms with Crippen LogP contribution in [0.1, 0.15) is 37.8 Å². The maximum absolute atomic E-state index is 13.0. The van der Waals surface area contributed by atoms with E-state index in [0.29, 0.717) is 31.8 Å². The monoisotopic (exact) mass is 357 g/mol. The van der Waals surface area contributed by atoms with Crippen LogP contribution in [0.5, 0.6) is 5.75 Å². The Morgan fingerprint density at radius 1 is 1.35 bits per heavy atom. The molecule has 0 aliphatic carbocycles. The first-order valence-electron chi connectivity index (χ1n) is 9.81. The van der Waals surface area contributed by atoms with Crippen molar-refractivity contribution in [3.63, 3.8) is 0 Å². The van der Waals surface area contributed by atoms with Gasteiger partial charge < -0.3 is 14.8 Å². The second-order valence-electron chi connectivity index (χ2n) is 7.95. The molecule has 6 nitrogen and oxygen atoms in total. The van der Waals surface area contributed by atoms with Crippen LogP contribution in [-0.4, -0.2) is 60.4 Å². The highest BCUT2D eigenvalue weighted by Crippen LogP contribution is 2.57. The standard InChI is InChI=1S/C20H27N3O3/c1-3-25-11-10-23-19(24)21-18-14-6-4-5-7-16(14)26-20(23)12-13-8-9-15(17(18)20)22(13)2/h4-7,13,15,17-18H,3,8-12H2,1-2H3,(H,21,24). The van der Waals surface area contributed by atoms with E-state index >= 15 is 0 Å². The van der Waals surface area contributed by atoms with E-state index in [1.54, 1.807) is 0 Å². The molecule has 5 unspecified atom stereocenters. The summed E-state index contributed by atoms with van der Waals surface area (Å²) in [6.07, 6.45) is 3.22. The highest BCUT2D eigenvalue weighted by molar-refractivity contribution is 5.78. The van der Waals surface area contributed by atoms with Crippen LogP contribution in [0.4, 0.5) is 4.79 Å². The fourth-order valence-corrected chi connectivity index (χ4v) is 5.79. The number of piperidine rings is 1. The topological polar surface area (TPSA) is 54.0 Å². The van der Waals surface area contributed by atoms with Crippen LogP contribution in [0.25, 0.3) is 0 Å². The Balaban J connectivity index is 1.61. The Morgan fingerprint density at radius 2 is 2.19 bits per heavy atom. The Bertz CT molecular complexity index is 726. The molecule has 4 aliphatic heterocycles. The number of hydrogen-bond donors (Lipinski definition) is 1. The van der Waals surface area contributed by atoms with E-state index in [-0.39, 0.29) is 18.0 Å². The molecule has 0 saturated carbocycles. The molecular formula is C20H27N3O3. The van der Waals surface area contributed by atoms with E-state index in [1.165, 1.54) is 12.8 Å². The fraction of sp³-hybridized carbons (Fsp3) is 0.650. The first kappa shape index (κ1) is 16.4. The van der Waals surface area contributed by atoms with Crippen LogP contribution in [0, 0.1) is 5.92 Å². The molecule has 5 atom stereocenters. The third-order valence-electron chi connectivity index (χ3n) is 6.90. The second kappa shape index (κ2) is 5.86. The molecule has 0 aromatic heterocycles. The van der Waals surface area contributed by atoms with Crippen molar-refractivity contribution in [3.05, 3.63) is 29.8 Å². The molecule has 140 valence electrons. The summed E-state index contributed by atoms with van der Waals surface area (Å²) in [6, 6.07) is 9.09. The number of hydrogen-bond acceptors (Lipinski definition) is 4. The lowest BCUT2D eigenvalue weighted by Crippen LogP contribution is -2.77. The number of carbonyl (C=O) groups is 1. The average Bonchev–Trinajstić information content (AvgIpc) is 2.88. The molecule has 4 heterocycles. The Morgan fingerprint density at radius 3 is 3.04 bits per heavy atom. The maximum Gasteiger partial charge on any atom is 0.321 e. The minimum Gasteiger partial charge on any atom is -0.467 e. The van der Waals surface area contributed by atoms with Crippen LogP contribution < -0.4 is 10.1 Å². The van der Waals surface area contributed by atoms with Gasteiger partial charge in [0.2, 0.25) is 0 Å². The van der Waals surface area contributed by atoms with E-state index in [0.717, 1.165) is 17.7 Å². The van der Waals surface area contributed by atoms with Gasteiger partial charge in [0.15, 0.2) is 5.72 Å². The lowest BCUT2D eigenvalue weighted by molar-refractivity contribution is -0.193. The molecule has 26 heavy (non-hydrogen) atoms. The van der Waals surface area contributed by atoms with Crippen LogP contribution in [0.2, 0.25) is 0 Å². The van der Waals surface area contributed by atoms with Crippen LogP contribution in [0.15, 0.2) is 24.3 Å². The minimum atomic E-state index is -0.559. The van der Waals surface area contributed by atoms with Crippen molar-refractivity contribution in [3.8, 4) is 5.75 Å². The Kier molecular flexibility index (Phi) is 3.69. The van der Waals surface area contributed by atoms with Crippen LogP contribution >= 0.6 is 0 Å². The summed E-state index contributed by atoms with van der Waals surface area (Å²) in [5.74, 6) is 1.15. The SMILES string of the molecule is CCOCCN1C(=O)NC2c3ccccc3OC13CC1CCC(C23)N1C. The van der Waals surface area contributed by atoms with E-state index in [9.17, 15) is 4.79 Å². The van der Waals surface area contributed by atoms with Crippen LogP contribution in [0.3, 0.4) is 0 Å². The Labute approximate surface area is 154 Å². The van der Waals surface area contributed by atoms with Crippen LogP contribution in [-0.2, 0) is 4.74 Å². The Hall–Kier alpha value is -1.79. The molecule has 6 heteroatoms. The summed E-state index contributed by atoms with van der Waals surface area (Å²) >= 11 is 0. The van der Waals surface area contributed by atoms with Gasteiger partial charge in [-0.15, -0.1) is 0 Å². The third kappa shape index (κ3) is 2.09. The van der Waals surface area contributed by atoms with Gasteiger partial charge in [-0.2, -0.15) is 0 Å². The molecule has 4 aliphatic rings. The summed E-state index contributed by atoms with van der Waals surface area (Å²) in [5, 5.41) is 3.30. The number of ether oxygens (including phenoxy) is 2. The first-order valence-corrected chi connectivity index (χ1v) is 9.81. The van der Waals surface area contributed by atoms with Crippen molar-refractivity contribution in [2.45, 2.75) is 50.0 Å². The van der Waals surface area contributed by atoms with Crippen molar-refractivity contribution in [2.75, 3.05) is 26.8 Å². The number of benzene rings is 1. The van der Waals surface area contributed by atoms with Crippen molar-refractivity contribution < 1.29 is 14.3 Å². The van der Waals surface area contributed by atoms with E-state index in [4.69, 9.17) is 9.47 Å². The third-order valence-corrected chi connectivity index (χ3v) is 6.90. The smallest absolute Gasteiger partial charge is 0.321 e. The molecule has 1 aromatic rings. The number of fused-ring (bicyclic) bond motifs is 4. The zero-order valence-electron chi connectivity index (χ0n) is 15.5. The zero-order valence-corrected chi connectivity index (χ0v) is 15.5. The van der Waals surface area contributed by atoms with Gasteiger partial charge in [-0.3, -0.25) is 9.80 Å². The number of amides is 2. The van der Waals surface area contributed by atoms with E-state index < -0.39 is 5.72 Å². The fourth-order valence-electron chi connectivity index (χ4n) is 5.79. The molecule has 1 N–H and O–H groups in total. The minimum absolute atomic E-state index is 0.0160. The largest absolute Gasteiger partial charge is 0.467 e. The maximum atomic E-state index is 13.0. The number of carbonyl (C=O) groups excluding carboxylic acids is 1. The van der Waals surface area contributed by atoms with Gasteiger partial charge in [0.25, 0.3) is 0 Å². The normalized spacial score (nSPS) is 37.6. The predicted molar refractivity (Wildman–Crippen MR) is 97.0 cm³/mol. The van der Waals surface area contributed by atoms with Gasteiger partial charge >= 0.3 is 6.03 Å². The molecular weight excluding hydrogens is 330 g/mol. The summed E-state index contributed by atoms with van der Waals surface area (Å²) < 4.78 is 12.3. The lowest BCUT2D eigenvalue weighted by atomic mass is 9.71. The van der Waals surface area contributed by atoms with Crippen molar-refractivity contribution >= 4 is 6.03 Å². The van der Waals surface area contributed by atoms with Gasteiger partial charge in [0, 0.05) is 37.2 Å². The van der Waals surface area contributed by atoms with Crippen molar-refractivity contribution in [1.29, 1.82) is 0 Å². The lowest BCUT2D eigenvalue weighted by Gasteiger charge is -2.62. The van der Waals surface area contributed by atoms with Gasteiger partial charge in [-0.05, 0) is 32.9 Å². The second-order valence-corrected chi connectivity index (χ2v) is 7.95. The molecule has 2 amide bonds. The highest BCUT2D eigenvalue weighted by Gasteiger charge is 2.66. The summed E-state index contributed by atoms with van der Waals surface area (Å²) in [6.45, 7) is 3.75. The van der Waals surface area contributed by atoms with E-state index in [1.807, 2.05) is 30.0 Å². The number of nitrogens with zero attached hydrogens (tertiary/aromatic N) is 2.